The maximum atomic E-state index is 10.9. The van der Waals surface area contributed by atoms with Crippen LogP contribution in [0.4, 0.5) is 0 Å². The molecule has 1 aromatic heterocycles. The van der Waals surface area contributed by atoms with E-state index in [0.717, 1.165) is 16.5 Å². The summed E-state index contributed by atoms with van der Waals surface area (Å²) in [6.07, 6.45) is 2.02. The van der Waals surface area contributed by atoms with E-state index in [2.05, 4.69) is 0 Å². The lowest BCUT2D eigenvalue weighted by molar-refractivity contribution is -0.139. The fourth-order valence-electron chi connectivity index (χ4n) is 2.21. The molecule has 1 aromatic carbocycles. The molecule has 2 atom stereocenters. The van der Waals surface area contributed by atoms with E-state index in [1.54, 1.807) is 6.26 Å². The van der Waals surface area contributed by atoms with Crippen molar-refractivity contribution in [3.05, 3.63) is 36.1 Å². The number of furan rings is 1. The number of nitrogens with two attached hydrogens (primary N) is 1. The zero-order valence-corrected chi connectivity index (χ0v) is 11.0. The molecule has 0 radical (unpaired) electrons. The van der Waals surface area contributed by atoms with Crippen molar-refractivity contribution in [1.82, 2.24) is 4.90 Å². The maximum Gasteiger partial charge on any atom is 0.320 e. The summed E-state index contributed by atoms with van der Waals surface area (Å²) >= 11 is 0. The van der Waals surface area contributed by atoms with Crippen LogP contribution in [0, 0.1) is 0 Å². The monoisotopic (exact) mass is 262 g/mol. The number of carboxylic acids is 1. The van der Waals surface area contributed by atoms with Crippen molar-refractivity contribution in [2.75, 3.05) is 14.1 Å². The molecule has 0 aliphatic carbocycles. The normalized spacial score (nSPS) is 14.7. The molecule has 0 fully saturated rings. The van der Waals surface area contributed by atoms with Crippen molar-refractivity contribution in [2.45, 2.75) is 18.5 Å². The van der Waals surface area contributed by atoms with Gasteiger partial charge < -0.3 is 20.2 Å². The molecule has 0 saturated heterocycles. The highest BCUT2D eigenvalue weighted by Crippen LogP contribution is 2.31. The second kappa shape index (κ2) is 5.42. The van der Waals surface area contributed by atoms with Gasteiger partial charge in [-0.05, 0) is 26.6 Å². The average molecular weight is 262 g/mol. The number of rotatable bonds is 5. The van der Waals surface area contributed by atoms with Crippen molar-refractivity contribution in [2.24, 2.45) is 5.73 Å². The third kappa shape index (κ3) is 2.77. The molecule has 0 aliphatic rings. The Morgan fingerprint density at radius 3 is 2.74 bits per heavy atom. The van der Waals surface area contributed by atoms with Gasteiger partial charge in [0.05, 0.1) is 6.26 Å². The summed E-state index contributed by atoms with van der Waals surface area (Å²) in [5.74, 6) is -0.986. The number of para-hydroxylation sites is 1. The minimum absolute atomic E-state index is 0.0882. The van der Waals surface area contributed by atoms with Gasteiger partial charge in [0.2, 0.25) is 0 Å². The Bertz CT molecular complexity index is 577. The Kier molecular flexibility index (Phi) is 3.87. The first-order chi connectivity index (χ1) is 9.00. The Balaban J connectivity index is 2.36. The first kappa shape index (κ1) is 13.6. The first-order valence-corrected chi connectivity index (χ1v) is 6.11. The molecule has 2 aromatic rings. The number of fused-ring (bicyclic) bond motifs is 1. The number of aliphatic carboxylic acids is 1. The highest BCUT2D eigenvalue weighted by Gasteiger charge is 2.24. The van der Waals surface area contributed by atoms with Gasteiger partial charge >= 0.3 is 5.97 Å². The largest absolute Gasteiger partial charge is 0.480 e. The second-order valence-electron chi connectivity index (χ2n) is 4.85. The van der Waals surface area contributed by atoms with Crippen LogP contribution < -0.4 is 5.73 Å². The lowest BCUT2D eigenvalue weighted by Gasteiger charge is -2.25. The summed E-state index contributed by atoms with van der Waals surface area (Å²) in [5, 5.41) is 9.96. The van der Waals surface area contributed by atoms with E-state index in [1.807, 2.05) is 43.3 Å². The Labute approximate surface area is 111 Å². The Morgan fingerprint density at radius 1 is 1.42 bits per heavy atom. The number of benzene rings is 1. The average Bonchev–Trinajstić information content (AvgIpc) is 2.78. The zero-order valence-electron chi connectivity index (χ0n) is 11.0. The molecule has 0 saturated carbocycles. The molecule has 0 bridgehead atoms. The number of hydrogen-bond acceptors (Lipinski definition) is 4. The molecular weight excluding hydrogens is 244 g/mol. The highest BCUT2D eigenvalue weighted by atomic mass is 16.4. The van der Waals surface area contributed by atoms with Gasteiger partial charge in [-0.2, -0.15) is 0 Å². The van der Waals surface area contributed by atoms with Crippen LogP contribution in [0.25, 0.3) is 11.0 Å². The predicted octanol–water partition coefficient (Wildman–Crippen LogP) is 1.84. The summed E-state index contributed by atoms with van der Waals surface area (Å²) in [5.41, 5.74) is 7.42. The third-order valence-electron chi connectivity index (χ3n) is 3.29. The number of hydrogen-bond donors (Lipinski definition) is 2. The van der Waals surface area contributed by atoms with Crippen molar-refractivity contribution >= 4 is 16.9 Å². The van der Waals surface area contributed by atoms with E-state index < -0.39 is 12.0 Å². The van der Waals surface area contributed by atoms with E-state index in [0.29, 0.717) is 6.42 Å². The quantitative estimate of drug-likeness (QED) is 0.859. The molecule has 2 rings (SSSR count). The number of carbonyl (C=O) groups is 1. The fraction of sp³-hybridized carbons (Fsp3) is 0.357. The fourth-order valence-corrected chi connectivity index (χ4v) is 2.21. The topological polar surface area (TPSA) is 79.7 Å². The van der Waals surface area contributed by atoms with Crippen molar-refractivity contribution in [3.8, 4) is 0 Å². The maximum absolute atomic E-state index is 10.9. The lowest BCUT2D eigenvalue weighted by atomic mass is 9.98. The van der Waals surface area contributed by atoms with Crippen LogP contribution in [0.5, 0.6) is 0 Å². The summed E-state index contributed by atoms with van der Waals surface area (Å²) in [4.78, 5) is 12.9. The zero-order chi connectivity index (χ0) is 14.0. The molecule has 19 heavy (non-hydrogen) atoms. The molecule has 0 amide bonds. The minimum Gasteiger partial charge on any atom is -0.480 e. The van der Waals surface area contributed by atoms with E-state index in [9.17, 15) is 4.79 Å². The van der Waals surface area contributed by atoms with Crippen LogP contribution in [0.3, 0.4) is 0 Å². The third-order valence-corrected chi connectivity index (χ3v) is 3.29. The SMILES string of the molecule is CN(C)C(CC(N)C(=O)O)c1coc2ccccc12. The minimum atomic E-state index is -0.986. The highest BCUT2D eigenvalue weighted by molar-refractivity contribution is 5.81. The first-order valence-electron chi connectivity index (χ1n) is 6.11. The molecule has 102 valence electrons. The summed E-state index contributed by atoms with van der Waals surface area (Å²) < 4.78 is 5.51. The van der Waals surface area contributed by atoms with Crippen molar-refractivity contribution in [1.29, 1.82) is 0 Å². The Hall–Kier alpha value is -1.85. The van der Waals surface area contributed by atoms with Crippen molar-refractivity contribution < 1.29 is 14.3 Å². The summed E-state index contributed by atoms with van der Waals surface area (Å²) in [7, 11) is 3.81. The number of nitrogens with zero attached hydrogens (tertiary/aromatic N) is 1. The molecular formula is C14H18N2O3. The van der Waals surface area contributed by atoms with Gasteiger partial charge in [-0.25, -0.2) is 0 Å². The van der Waals surface area contributed by atoms with Gasteiger partial charge in [0.1, 0.15) is 11.6 Å². The van der Waals surface area contributed by atoms with E-state index in [4.69, 9.17) is 15.3 Å². The van der Waals surface area contributed by atoms with Gasteiger partial charge in [0.15, 0.2) is 0 Å². The van der Waals surface area contributed by atoms with E-state index in [-0.39, 0.29) is 6.04 Å². The molecule has 5 heteroatoms. The molecule has 0 spiro atoms. The lowest BCUT2D eigenvalue weighted by Crippen LogP contribution is -2.35. The molecule has 2 unspecified atom stereocenters. The van der Waals surface area contributed by atoms with Crippen LogP contribution in [-0.2, 0) is 4.79 Å². The molecule has 1 heterocycles. The second-order valence-corrected chi connectivity index (χ2v) is 4.85. The standard InChI is InChI=1S/C14H18N2O3/c1-16(2)12(7-11(15)14(17)18)10-8-19-13-6-4-3-5-9(10)13/h3-6,8,11-12H,7,15H2,1-2H3,(H,17,18). The van der Waals surface area contributed by atoms with Gasteiger partial charge in [-0.3, -0.25) is 4.79 Å². The van der Waals surface area contributed by atoms with Gasteiger partial charge in [-0.15, -0.1) is 0 Å². The van der Waals surface area contributed by atoms with Crippen LogP contribution in [0.15, 0.2) is 34.9 Å². The van der Waals surface area contributed by atoms with E-state index in [1.165, 1.54) is 0 Å². The Morgan fingerprint density at radius 2 is 2.11 bits per heavy atom. The van der Waals surface area contributed by atoms with Crippen LogP contribution >= 0.6 is 0 Å². The van der Waals surface area contributed by atoms with E-state index >= 15 is 0 Å². The molecule has 3 N–H and O–H groups in total. The summed E-state index contributed by atoms with van der Waals surface area (Å²) in [6.45, 7) is 0. The predicted molar refractivity (Wildman–Crippen MR) is 72.9 cm³/mol. The molecule has 0 aliphatic heterocycles. The van der Waals surface area contributed by atoms with Crippen LogP contribution in [0.2, 0.25) is 0 Å². The van der Waals surface area contributed by atoms with Gasteiger partial charge in [0, 0.05) is 17.0 Å². The van der Waals surface area contributed by atoms with Gasteiger partial charge in [-0.1, -0.05) is 18.2 Å². The molecule has 5 nitrogen and oxygen atoms in total. The van der Waals surface area contributed by atoms with Crippen LogP contribution in [-0.4, -0.2) is 36.1 Å². The van der Waals surface area contributed by atoms with Crippen LogP contribution in [0.1, 0.15) is 18.0 Å². The van der Waals surface area contributed by atoms with Crippen molar-refractivity contribution in [3.63, 3.8) is 0 Å². The summed E-state index contributed by atoms with van der Waals surface area (Å²) in [6, 6.07) is 6.73. The number of carboxylic acid groups (broad SMARTS) is 1. The smallest absolute Gasteiger partial charge is 0.320 e. The van der Waals surface area contributed by atoms with Gasteiger partial charge in [0.25, 0.3) is 0 Å².